The Morgan fingerprint density at radius 2 is 1.65 bits per heavy atom. The van der Waals surface area contributed by atoms with Crippen LogP contribution in [0.4, 0.5) is 11.4 Å². The molecule has 5 heteroatoms. The summed E-state index contributed by atoms with van der Waals surface area (Å²) in [6, 6.07) is 12.4. The van der Waals surface area contributed by atoms with Gasteiger partial charge in [0, 0.05) is 5.02 Å². The van der Waals surface area contributed by atoms with E-state index in [2.05, 4.69) is 10.9 Å². The molecule has 0 spiro atoms. The molecule has 1 radical (unpaired) electrons. The van der Waals surface area contributed by atoms with Crippen molar-refractivity contribution in [1.82, 2.24) is 5.43 Å². The lowest BCUT2D eigenvalue weighted by molar-refractivity contribution is 1.05. The molecule has 0 atom stereocenters. The monoisotopic (exact) mass is 285 g/mol. The van der Waals surface area contributed by atoms with Gasteiger partial charge in [-0.05, 0) is 30.3 Å². The van der Waals surface area contributed by atoms with Gasteiger partial charge in [-0.2, -0.15) is 5.43 Å². The lowest BCUT2D eigenvalue weighted by Crippen LogP contribution is -2.07. The summed E-state index contributed by atoms with van der Waals surface area (Å²) in [5, 5.41) is 1.66. The van der Waals surface area contributed by atoms with E-state index in [0.29, 0.717) is 20.8 Å². The Morgan fingerprint density at radius 1 is 0.882 bits per heavy atom. The van der Waals surface area contributed by atoms with Crippen LogP contribution in [0.2, 0.25) is 15.1 Å². The number of nitrogens with zero attached hydrogens (tertiary/aromatic N) is 1. The van der Waals surface area contributed by atoms with Crippen molar-refractivity contribution >= 4 is 46.2 Å². The number of nitrogens with one attached hydrogen (secondary N) is 1. The first-order valence-corrected chi connectivity index (χ1v) is 5.96. The molecule has 0 aliphatic rings. The maximum atomic E-state index is 5.98. The van der Waals surface area contributed by atoms with Crippen LogP contribution in [-0.4, -0.2) is 0 Å². The highest BCUT2D eigenvalue weighted by molar-refractivity contribution is 6.36. The van der Waals surface area contributed by atoms with Gasteiger partial charge in [0.05, 0.1) is 15.7 Å². The van der Waals surface area contributed by atoms with Crippen LogP contribution in [0.5, 0.6) is 0 Å². The van der Waals surface area contributed by atoms with Crippen molar-refractivity contribution in [2.24, 2.45) is 0 Å². The smallest absolute Gasteiger partial charge is 0.102 e. The fourth-order valence-corrected chi connectivity index (χ4v) is 1.87. The molecular formula is C12H8Cl3N2. The minimum absolute atomic E-state index is 0.483. The third-order valence-electron chi connectivity index (χ3n) is 2.08. The SMILES string of the molecule is Clc1ccc([N]Nc2ccccc2Cl)c(Cl)c1. The average molecular weight is 287 g/mol. The highest BCUT2D eigenvalue weighted by Crippen LogP contribution is 2.26. The number of benzene rings is 2. The van der Waals surface area contributed by atoms with Crippen LogP contribution in [0.3, 0.4) is 0 Å². The molecule has 17 heavy (non-hydrogen) atoms. The number of hydrogen-bond acceptors (Lipinski definition) is 1. The normalized spacial score (nSPS) is 10.1. The van der Waals surface area contributed by atoms with E-state index in [1.165, 1.54) is 0 Å². The molecule has 0 fully saturated rings. The van der Waals surface area contributed by atoms with E-state index < -0.39 is 0 Å². The van der Waals surface area contributed by atoms with Crippen LogP contribution >= 0.6 is 34.8 Å². The van der Waals surface area contributed by atoms with Gasteiger partial charge in [0.15, 0.2) is 0 Å². The van der Waals surface area contributed by atoms with E-state index in [-0.39, 0.29) is 0 Å². The second-order valence-electron chi connectivity index (χ2n) is 3.30. The summed E-state index contributed by atoms with van der Waals surface area (Å²) < 4.78 is 0. The fourth-order valence-electron chi connectivity index (χ4n) is 1.24. The predicted octanol–water partition coefficient (Wildman–Crippen LogP) is 4.91. The lowest BCUT2D eigenvalue weighted by Gasteiger charge is -2.09. The number of halogens is 3. The van der Waals surface area contributed by atoms with Gasteiger partial charge in [-0.15, -0.1) is 0 Å². The van der Waals surface area contributed by atoms with E-state index in [9.17, 15) is 0 Å². The molecule has 87 valence electrons. The summed E-state index contributed by atoms with van der Waals surface area (Å²) in [7, 11) is 0. The summed E-state index contributed by atoms with van der Waals surface area (Å²) in [6.45, 7) is 0. The Labute approximate surface area is 114 Å². The van der Waals surface area contributed by atoms with Gasteiger partial charge in [-0.3, -0.25) is 5.43 Å². The molecular weight excluding hydrogens is 279 g/mol. The Balaban J connectivity index is 2.10. The van der Waals surface area contributed by atoms with Gasteiger partial charge in [0.25, 0.3) is 0 Å². The molecule has 0 saturated heterocycles. The van der Waals surface area contributed by atoms with Crippen molar-refractivity contribution in [2.45, 2.75) is 0 Å². The molecule has 0 aromatic heterocycles. The maximum Gasteiger partial charge on any atom is 0.102 e. The highest BCUT2D eigenvalue weighted by Gasteiger charge is 2.03. The average Bonchev–Trinajstić information content (AvgIpc) is 2.30. The number of anilines is 1. The van der Waals surface area contributed by atoms with Crippen molar-refractivity contribution in [3.63, 3.8) is 0 Å². The molecule has 0 amide bonds. The molecule has 0 unspecified atom stereocenters. The van der Waals surface area contributed by atoms with Crippen molar-refractivity contribution < 1.29 is 0 Å². The Kier molecular flexibility index (Phi) is 4.00. The van der Waals surface area contributed by atoms with Gasteiger partial charge < -0.3 is 0 Å². The zero-order chi connectivity index (χ0) is 12.3. The summed E-state index contributed by atoms with van der Waals surface area (Å²) in [5.74, 6) is 0. The van der Waals surface area contributed by atoms with Gasteiger partial charge in [-0.1, -0.05) is 46.9 Å². The Bertz CT molecular complexity index is 529. The molecule has 2 nitrogen and oxygen atoms in total. The van der Waals surface area contributed by atoms with Crippen molar-refractivity contribution in [2.75, 3.05) is 5.43 Å². The zero-order valence-corrected chi connectivity index (χ0v) is 10.9. The summed E-state index contributed by atoms with van der Waals surface area (Å²) in [5.41, 5.74) is 8.34. The molecule has 2 rings (SSSR count). The topological polar surface area (TPSA) is 26.1 Å². The first-order valence-electron chi connectivity index (χ1n) is 4.83. The molecule has 0 aliphatic heterocycles. The molecule has 1 N–H and O–H groups in total. The van der Waals surface area contributed by atoms with Crippen molar-refractivity contribution in [1.29, 1.82) is 0 Å². The quantitative estimate of drug-likeness (QED) is 0.797. The van der Waals surface area contributed by atoms with Gasteiger partial charge in [-0.25, -0.2) is 0 Å². The minimum Gasteiger partial charge on any atom is -0.276 e. The molecule has 0 saturated carbocycles. The third kappa shape index (κ3) is 3.19. The number of rotatable bonds is 3. The molecule has 0 heterocycles. The van der Waals surface area contributed by atoms with Crippen LogP contribution in [0.1, 0.15) is 0 Å². The minimum atomic E-state index is 0.483. The molecule has 2 aromatic rings. The molecule has 0 aliphatic carbocycles. The summed E-state index contributed by atoms with van der Waals surface area (Å²) >= 11 is 17.8. The zero-order valence-electron chi connectivity index (χ0n) is 8.62. The van der Waals surface area contributed by atoms with E-state index in [0.717, 1.165) is 5.69 Å². The second-order valence-corrected chi connectivity index (χ2v) is 4.55. The van der Waals surface area contributed by atoms with Crippen LogP contribution in [0.25, 0.3) is 0 Å². The van der Waals surface area contributed by atoms with Gasteiger partial charge in [0.2, 0.25) is 0 Å². The van der Waals surface area contributed by atoms with Crippen molar-refractivity contribution in [3.8, 4) is 0 Å². The van der Waals surface area contributed by atoms with Crippen LogP contribution < -0.4 is 10.9 Å². The maximum absolute atomic E-state index is 5.98. The largest absolute Gasteiger partial charge is 0.276 e. The van der Waals surface area contributed by atoms with Crippen LogP contribution in [0, 0.1) is 0 Å². The summed E-state index contributed by atoms with van der Waals surface area (Å²) in [4.78, 5) is 0. The van der Waals surface area contributed by atoms with E-state index in [4.69, 9.17) is 34.8 Å². The number of hydrogen-bond donors (Lipinski definition) is 1. The number of para-hydroxylation sites is 1. The lowest BCUT2D eigenvalue weighted by atomic mass is 10.3. The molecule has 2 aromatic carbocycles. The Morgan fingerprint density at radius 3 is 2.35 bits per heavy atom. The van der Waals surface area contributed by atoms with Gasteiger partial charge in [0.1, 0.15) is 5.69 Å². The van der Waals surface area contributed by atoms with E-state index in [1.54, 1.807) is 24.3 Å². The first kappa shape index (κ1) is 12.4. The van der Waals surface area contributed by atoms with Crippen molar-refractivity contribution in [3.05, 3.63) is 57.5 Å². The van der Waals surface area contributed by atoms with E-state index in [1.807, 2.05) is 18.2 Å². The highest BCUT2D eigenvalue weighted by atomic mass is 35.5. The van der Waals surface area contributed by atoms with Crippen LogP contribution in [-0.2, 0) is 0 Å². The Hall–Kier alpha value is -1.09. The van der Waals surface area contributed by atoms with E-state index >= 15 is 0 Å². The third-order valence-corrected chi connectivity index (χ3v) is 2.95. The standard InChI is InChI=1S/C12H8Cl3N2/c13-8-5-6-12(10(15)7-8)17-16-11-4-2-1-3-9(11)14/h1-7,16H. The van der Waals surface area contributed by atoms with Gasteiger partial charge >= 0.3 is 0 Å². The predicted molar refractivity (Wildman–Crippen MR) is 73.3 cm³/mol. The first-order chi connectivity index (χ1) is 8.16. The fraction of sp³-hybridized carbons (Fsp3) is 0. The van der Waals surface area contributed by atoms with Crippen LogP contribution in [0.15, 0.2) is 42.5 Å². The molecule has 0 bridgehead atoms. The second kappa shape index (κ2) is 5.50. The summed E-state index contributed by atoms with van der Waals surface area (Å²) in [6.07, 6.45) is 0.